The molecular weight excluding hydrogens is 452 g/mol. The molecule has 1 aromatic heterocycles. The zero-order valence-electron chi connectivity index (χ0n) is 19.0. The summed E-state index contributed by atoms with van der Waals surface area (Å²) in [7, 11) is -3.68. The zero-order chi connectivity index (χ0) is 23.8. The van der Waals surface area contributed by atoms with Gasteiger partial charge < -0.3 is 14.6 Å². The lowest BCUT2D eigenvalue weighted by Gasteiger charge is -2.36. The van der Waals surface area contributed by atoms with Crippen LogP contribution >= 0.6 is 0 Å². The Balaban J connectivity index is 1.17. The molecule has 2 heterocycles. The highest BCUT2D eigenvalue weighted by molar-refractivity contribution is 7.89. The molecule has 0 atom stereocenters. The topological polar surface area (TPSA) is 94.9 Å². The van der Waals surface area contributed by atoms with Gasteiger partial charge in [0.2, 0.25) is 10.0 Å². The van der Waals surface area contributed by atoms with Crippen LogP contribution in [0.15, 0.2) is 82.3 Å². The normalized spacial score (nSPS) is 14.8. The zero-order valence-corrected chi connectivity index (χ0v) is 19.8. The molecule has 0 bridgehead atoms. The van der Waals surface area contributed by atoms with Crippen molar-refractivity contribution in [1.29, 1.82) is 0 Å². The van der Waals surface area contributed by atoms with Crippen molar-refractivity contribution >= 4 is 21.6 Å². The minimum atomic E-state index is -3.68. The van der Waals surface area contributed by atoms with Crippen LogP contribution in [0.3, 0.4) is 0 Å². The first-order chi connectivity index (χ1) is 16.5. The molecule has 180 valence electrons. The van der Waals surface area contributed by atoms with E-state index in [0.717, 1.165) is 39.1 Å². The largest absolute Gasteiger partial charge is 0.468 e. The van der Waals surface area contributed by atoms with Gasteiger partial charge in [0, 0.05) is 44.0 Å². The number of rotatable bonds is 10. The maximum Gasteiger partial charge on any atom is 0.251 e. The van der Waals surface area contributed by atoms with E-state index in [2.05, 4.69) is 44.1 Å². The Labute approximate surface area is 200 Å². The monoisotopic (exact) mass is 482 g/mol. The number of piperazine rings is 1. The molecule has 0 spiro atoms. The maximum absolute atomic E-state index is 12.4. The molecule has 0 radical (unpaired) electrons. The maximum atomic E-state index is 12.4. The van der Waals surface area contributed by atoms with E-state index >= 15 is 0 Å². The van der Waals surface area contributed by atoms with Crippen LogP contribution in [0.4, 0.5) is 5.69 Å². The molecule has 1 saturated heterocycles. The van der Waals surface area contributed by atoms with E-state index in [1.165, 1.54) is 36.2 Å². The molecule has 9 heteroatoms. The number of benzene rings is 2. The summed E-state index contributed by atoms with van der Waals surface area (Å²) in [5.41, 5.74) is 1.70. The highest BCUT2D eigenvalue weighted by Gasteiger charge is 2.17. The van der Waals surface area contributed by atoms with Gasteiger partial charge in [-0.3, -0.25) is 9.69 Å². The van der Waals surface area contributed by atoms with E-state index in [4.69, 9.17) is 4.42 Å². The minimum Gasteiger partial charge on any atom is -0.468 e. The molecule has 1 fully saturated rings. The van der Waals surface area contributed by atoms with E-state index in [9.17, 15) is 13.2 Å². The highest BCUT2D eigenvalue weighted by atomic mass is 32.2. The Kier molecular flexibility index (Phi) is 7.99. The molecular formula is C25H30N4O4S. The van der Waals surface area contributed by atoms with Gasteiger partial charge in [0.15, 0.2) is 0 Å². The predicted molar refractivity (Wildman–Crippen MR) is 131 cm³/mol. The summed E-state index contributed by atoms with van der Waals surface area (Å²) in [6.45, 7) is 5.59. The lowest BCUT2D eigenvalue weighted by Crippen LogP contribution is -2.47. The van der Waals surface area contributed by atoms with Gasteiger partial charge in [0.05, 0.1) is 17.7 Å². The number of hydrogen-bond donors (Lipinski definition) is 2. The average molecular weight is 483 g/mol. The smallest absolute Gasteiger partial charge is 0.251 e. The third kappa shape index (κ3) is 6.47. The molecule has 8 nitrogen and oxygen atoms in total. The molecule has 2 N–H and O–H groups in total. The number of sulfonamides is 1. The second kappa shape index (κ2) is 11.3. The van der Waals surface area contributed by atoms with Crippen molar-refractivity contribution in [1.82, 2.24) is 14.9 Å². The van der Waals surface area contributed by atoms with Crippen molar-refractivity contribution in [2.45, 2.75) is 17.9 Å². The van der Waals surface area contributed by atoms with Crippen LogP contribution in [0.25, 0.3) is 0 Å². The molecule has 3 aromatic rings. The van der Waals surface area contributed by atoms with Crippen molar-refractivity contribution in [3.05, 3.63) is 84.3 Å². The fourth-order valence-corrected chi connectivity index (χ4v) is 4.92. The number of nitrogens with one attached hydrogen (secondary N) is 2. The second-order valence-corrected chi connectivity index (χ2v) is 9.97. The lowest BCUT2D eigenvalue weighted by molar-refractivity contribution is 0.0951. The molecule has 34 heavy (non-hydrogen) atoms. The van der Waals surface area contributed by atoms with Gasteiger partial charge in [-0.25, -0.2) is 13.1 Å². The molecule has 2 aromatic carbocycles. The second-order valence-electron chi connectivity index (χ2n) is 8.20. The fraction of sp³-hybridized carbons (Fsp3) is 0.320. The van der Waals surface area contributed by atoms with Crippen LogP contribution in [-0.2, 0) is 16.6 Å². The van der Waals surface area contributed by atoms with E-state index in [-0.39, 0.29) is 17.3 Å². The van der Waals surface area contributed by atoms with Crippen LogP contribution in [0.1, 0.15) is 22.5 Å². The van der Waals surface area contributed by atoms with Crippen molar-refractivity contribution in [3.8, 4) is 0 Å². The summed E-state index contributed by atoms with van der Waals surface area (Å²) in [5.74, 6) is 0.319. The van der Waals surface area contributed by atoms with Gasteiger partial charge in [0.1, 0.15) is 5.76 Å². The van der Waals surface area contributed by atoms with Gasteiger partial charge in [-0.15, -0.1) is 0 Å². The lowest BCUT2D eigenvalue weighted by atomic mass is 10.2. The molecule has 0 unspecified atom stereocenters. The summed E-state index contributed by atoms with van der Waals surface area (Å²) >= 11 is 0. The number of carbonyl (C=O) groups is 1. The number of amides is 1. The molecule has 4 rings (SSSR count). The van der Waals surface area contributed by atoms with Gasteiger partial charge >= 0.3 is 0 Å². The van der Waals surface area contributed by atoms with Crippen molar-refractivity contribution in [2.24, 2.45) is 0 Å². The van der Waals surface area contributed by atoms with Gasteiger partial charge in [-0.05, 0) is 61.5 Å². The molecule has 0 saturated carbocycles. The third-order valence-electron chi connectivity index (χ3n) is 5.87. The number of hydrogen-bond acceptors (Lipinski definition) is 6. The Morgan fingerprint density at radius 2 is 1.65 bits per heavy atom. The highest BCUT2D eigenvalue weighted by Crippen LogP contribution is 2.15. The summed E-state index contributed by atoms with van der Waals surface area (Å²) in [4.78, 5) is 17.3. The Morgan fingerprint density at radius 3 is 2.32 bits per heavy atom. The standard InChI is InChI=1S/C25H30N4O4S/c30-25(21-9-11-24(12-10-21)34(31,32)27-20-23-8-4-19-33-23)26-13-5-14-28-15-17-29(18-16-28)22-6-2-1-3-7-22/h1-4,6-12,19,27H,5,13-18,20H2,(H,26,30). The SMILES string of the molecule is O=C(NCCCN1CCN(c2ccccc2)CC1)c1ccc(S(=O)(=O)NCc2ccco2)cc1. The molecule has 1 aliphatic rings. The molecule has 0 aliphatic carbocycles. The van der Waals surface area contributed by atoms with Crippen LogP contribution in [0.5, 0.6) is 0 Å². The minimum absolute atomic E-state index is 0.0683. The molecule has 1 amide bonds. The predicted octanol–water partition coefficient (Wildman–Crippen LogP) is 2.70. The number of nitrogens with zero attached hydrogens (tertiary/aromatic N) is 2. The van der Waals surface area contributed by atoms with Crippen molar-refractivity contribution in [3.63, 3.8) is 0 Å². The number of para-hydroxylation sites is 1. The van der Waals surface area contributed by atoms with Crippen molar-refractivity contribution < 1.29 is 17.6 Å². The number of furan rings is 1. The summed E-state index contributed by atoms with van der Waals surface area (Å²) in [6.07, 6.45) is 2.35. The molecule has 1 aliphatic heterocycles. The van der Waals surface area contributed by atoms with Crippen molar-refractivity contribution in [2.75, 3.05) is 44.2 Å². The van der Waals surface area contributed by atoms with E-state index in [1.54, 1.807) is 12.1 Å². The Morgan fingerprint density at radius 1 is 0.912 bits per heavy atom. The summed E-state index contributed by atoms with van der Waals surface area (Å²) in [5, 5.41) is 2.92. The van der Waals surface area contributed by atoms with E-state index in [0.29, 0.717) is 17.9 Å². The van der Waals surface area contributed by atoms with Crippen LogP contribution in [0.2, 0.25) is 0 Å². The van der Waals surface area contributed by atoms with Gasteiger partial charge in [-0.2, -0.15) is 0 Å². The van der Waals surface area contributed by atoms with Gasteiger partial charge in [-0.1, -0.05) is 18.2 Å². The van der Waals surface area contributed by atoms with E-state index in [1.807, 2.05) is 6.07 Å². The Hall–Kier alpha value is -3.14. The fourth-order valence-electron chi connectivity index (χ4n) is 3.92. The van der Waals surface area contributed by atoms with Crippen LogP contribution in [-0.4, -0.2) is 58.5 Å². The first kappa shape index (κ1) is 24.0. The average Bonchev–Trinajstić information content (AvgIpc) is 3.40. The number of anilines is 1. The first-order valence-corrected chi connectivity index (χ1v) is 12.9. The van der Waals surface area contributed by atoms with Crippen LogP contribution < -0.4 is 14.9 Å². The summed E-state index contributed by atoms with van der Waals surface area (Å²) < 4.78 is 32.4. The van der Waals surface area contributed by atoms with Crippen LogP contribution in [0, 0.1) is 0 Å². The van der Waals surface area contributed by atoms with E-state index < -0.39 is 10.0 Å². The first-order valence-electron chi connectivity index (χ1n) is 11.4. The Bertz CT molecular complexity index is 1140. The quantitative estimate of drug-likeness (QED) is 0.432. The summed E-state index contributed by atoms with van der Waals surface area (Å²) in [6, 6.07) is 19.8. The number of carbonyl (C=O) groups excluding carboxylic acids is 1. The third-order valence-corrected chi connectivity index (χ3v) is 7.29. The van der Waals surface area contributed by atoms with Gasteiger partial charge in [0.25, 0.3) is 5.91 Å².